The Morgan fingerprint density at radius 1 is 0.857 bits per heavy atom. The van der Waals surface area contributed by atoms with Crippen LogP contribution in [0.2, 0.25) is 0 Å². The maximum atomic E-state index is 6.19. The van der Waals surface area contributed by atoms with Gasteiger partial charge in [0.1, 0.15) is 17.3 Å². The van der Waals surface area contributed by atoms with Crippen LogP contribution >= 0.6 is 0 Å². The number of para-hydroxylation sites is 3. The standard InChI is InChI=1S/C31H32N2O2/c1-21-9-7-10-22(2)30(21)35-18-8-17-33-29-12-6-5-11-28(29)32-31(33)23(3)24-13-14-26-20-27(34-4)16-15-25(26)19-24/h5-7,9-16,19-20,23H,8,17-18H2,1-4H3. The van der Waals surface area contributed by atoms with Crippen molar-refractivity contribution in [1.29, 1.82) is 0 Å². The Morgan fingerprint density at radius 3 is 2.40 bits per heavy atom. The van der Waals surface area contributed by atoms with E-state index in [9.17, 15) is 0 Å². The number of fused-ring (bicyclic) bond motifs is 2. The number of ether oxygens (including phenoxy) is 2. The highest BCUT2D eigenvalue weighted by Gasteiger charge is 2.18. The molecule has 178 valence electrons. The average molecular weight is 465 g/mol. The van der Waals surface area contributed by atoms with E-state index in [1.165, 1.54) is 33.0 Å². The molecule has 1 heterocycles. The number of imidazole rings is 1. The largest absolute Gasteiger partial charge is 0.497 e. The molecule has 5 aromatic rings. The number of nitrogens with zero attached hydrogens (tertiary/aromatic N) is 2. The Labute approximate surface area is 207 Å². The summed E-state index contributed by atoms with van der Waals surface area (Å²) in [5, 5.41) is 2.39. The molecule has 4 aromatic carbocycles. The van der Waals surface area contributed by atoms with Crippen LogP contribution in [0.25, 0.3) is 21.8 Å². The highest BCUT2D eigenvalue weighted by Crippen LogP contribution is 2.31. The Hall–Kier alpha value is -3.79. The third-order valence-corrected chi connectivity index (χ3v) is 6.82. The van der Waals surface area contributed by atoms with E-state index in [2.05, 4.69) is 98.1 Å². The van der Waals surface area contributed by atoms with Gasteiger partial charge in [-0.2, -0.15) is 0 Å². The molecular formula is C31H32N2O2. The van der Waals surface area contributed by atoms with Crippen molar-refractivity contribution in [2.45, 2.75) is 39.7 Å². The van der Waals surface area contributed by atoms with Crippen LogP contribution in [-0.4, -0.2) is 23.3 Å². The lowest BCUT2D eigenvalue weighted by molar-refractivity contribution is 0.298. The summed E-state index contributed by atoms with van der Waals surface area (Å²) in [5.74, 6) is 3.13. The first kappa shape index (κ1) is 23.0. The molecule has 0 amide bonds. The summed E-state index contributed by atoms with van der Waals surface area (Å²) in [6.45, 7) is 7.98. The van der Waals surface area contributed by atoms with Crippen molar-refractivity contribution < 1.29 is 9.47 Å². The van der Waals surface area contributed by atoms with Gasteiger partial charge in [0.25, 0.3) is 0 Å². The predicted molar refractivity (Wildman–Crippen MR) is 144 cm³/mol. The SMILES string of the molecule is COc1ccc2cc(C(C)c3nc4ccccc4n3CCCOc3c(C)cccc3C)ccc2c1. The first-order valence-corrected chi connectivity index (χ1v) is 12.3. The number of rotatable bonds is 8. The number of hydrogen-bond acceptors (Lipinski definition) is 3. The minimum absolute atomic E-state index is 0.161. The molecule has 0 bridgehead atoms. The van der Waals surface area contributed by atoms with E-state index in [1.807, 2.05) is 6.07 Å². The van der Waals surface area contributed by atoms with Crippen molar-refractivity contribution in [2.24, 2.45) is 0 Å². The van der Waals surface area contributed by atoms with Crippen molar-refractivity contribution in [1.82, 2.24) is 9.55 Å². The van der Waals surface area contributed by atoms with E-state index in [1.54, 1.807) is 7.11 Å². The fraction of sp³-hybridized carbons (Fsp3) is 0.258. The van der Waals surface area contributed by atoms with Crippen molar-refractivity contribution in [3.8, 4) is 11.5 Å². The van der Waals surface area contributed by atoms with Crippen molar-refractivity contribution in [3.63, 3.8) is 0 Å². The van der Waals surface area contributed by atoms with Crippen LogP contribution in [0, 0.1) is 13.8 Å². The Bertz CT molecular complexity index is 1460. The second-order valence-electron chi connectivity index (χ2n) is 9.23. The molecule has 0 saturated carbocycles. The molecule has 0 fully saturated rings. The summed E-state index contributed by atoms with van der Waals surface area (Å²) in [6, 6.07) is 27.6. The highest BCUT2D eigenvalue weighted by atomic mass is 16.5. The molecule has 35 heavy (non-hydrogen) atoms. The van der Waals surface area contributed by atoms with E-state index in [0.29, 0.717) is 6.61 Å². The fourth-order valence-corrected chi connectivity index (χ4v) is 4.87. The van der Waals surface area contributed by atoms with E-state index >= 15 is 0 Å². The number of aryl methyl sites for hydroxylation is 3. The first-order chi connectivity index (χ1) is 17.0. The van der Waals surface area contributed by atoms with Gasteiger partial charge in [0.2, 0.25) is 0 Å². The maximum absolute atomic E-state index is 6.19. The monoisotopic (exact) mass is 464 g/mol. The number of methoxy groups -OCH3 is 1. The van der Waals surface area contributed by atoms with Gasteiger partial charge in [-0.15, -0.1) is 0 Å². The minimum Gasteiger partial charge on any atom is -0.497 e. The smallest absolute Gasteiger partial charge is 0.125 e. The summed E-state index contributed by atoms with van der Waals surface area (Å²) in [5.41, 5.74) is 5.83. The van der Waals surface area contributed by atoms with Crippen LogP contribution in [0.15, 0.2) is 78.9 Å². The van der Waals surface area contributed by atoms with Crippen LogP contribution in [0.1, 0.15) is 41.8 Å². The highest BCUT2D eigenvalue weighted by molar-refractivity contribution is 5.85. The van der Waals surface area contributed by atoms with Gasteiger partial charge < -0.3 is 14.0 Å². The zero-order chi connectivity index (χ0) is 24.4. The molecule has 1 aromatic heterocycles. The lowest BCUT2D eigenvalue weighted by Crippen LogP contribution is -2.11. The van der Waals surface area contributed by atoms with E-state index in [-0.39, 0.29) is 5.92 Å². The molecule has 1 unspecified atom stereocenters. The first-order valence-electron chi connectivity index (χ1n) is 12.3. The fourth-order valence-electron chi connectivity index (χ4n) is 4.87. The third-order valence-electron chi connectivity index (χ3n) is 6.82. The zero-order valence-corrected chi connectivity index (χ0v) is 20.9. The molecule has 0 radical (unpaired) electrons. The van der Waals surface area contributed by atoms with Gasteiger partial charge in [-0.1, -0.05) is 61.5 Å². The number of hydrogen-bond donors (Lipinski definition) is 0. The average Bonchev–Trinajstić information content (AvgIpc) is 3.25. The lowest BCUT2D eigenvalue weighted by atomic mass is 9.97. The van der Waals surface area contributed by atoms with Crippen LogP contribution in [0.5, 0.6) is 11.5 Å². The van der Waals surface area contributed by atoms with Gasteiger partial charge >= 0.3 is 0 Å². The quantitative estimate of drug-likeness (QED) is 0.224. The Kier molecular flexibility index (Phi) is 6.45. The van der Waals surface area contributed by atoms with Crippen LogP contribution in [0.3, 0.4) is 0 Å². The molecule has 0 saturated heterocycles. The minimum atomic E-state index is 0.161. The van der Waals surface area contributed by atoms with E-state index < -0.39 is 0 Å². The van der Waals surface area contributed by atoms with Crippen molar-refractivity contribution in [2.75, 3.05) is 13.7 Å². The molecule has 4 nitrogen and oxygen atoms in total. The number of aromatic nitrogens is 2. The summed E-state index contributed by atoms with van der Waals surface area (Å²) in [6.07, 6.45) is 0.908. The molecule has 0 N–H and O–H groups in total. The van der Waals surface area contributed by atoms with E-state index in [0.717, 1.165) is 35.8 Å². The molecule has 0 aliphatic carbocycles. The summed E-state index contributed by atoms with van der Waals surface area (Å²) < 4.78 is 13.9. The molecule has 5 rings (SSSR count). The lowest BCUT2D eigenvalue weighted by Gasteiger charge is -2.17. The summed E-state index contributed by atoms with van der Waals surface area (Å²) >= 11 is 0. The Balaban J connectivity index is 1.40. The predicted octanol–water partition coefficient (Wildman–Crippen LogP) is 7.44. The van der Waals surface area contributed by atoms with Crippen LogP contribution in [0.4, 0.5) is 0 Å². The normalized spacial score (nSPS) is 12.2. The van der Waals surface area contributed by atoms with Gasteiger partial charge in [0.15, 0.2) is 0 Å². The van der Waals surface area contributed by atoms with E-state index in [4.69, 9.17) is 14.5 Å². The molecule has 0 spiro atoms. The zero-order valence-electron chi connectivity index (χ0n) is 20.9. The van der Waals surface area contributed by atoms with Crippen LogP contribution in [-0.2, 0) is 6.54 Å². The third kappa shape index (κ3) is 4.61. The second-order valence-corrected chi connectivity index (χ2v) is 9.23. The van der Waals surface area contributed by atoms with Crippen molar-refractivity contribution in [3.05, 3.63) is 101 Å². The molecule has 0 aliphatic heterocycles. The topological polar surface area (TPSA) is 36.3 Å². The van der Waals surface area contributed by atoms with Gasteiger partial charge in [-0.3, -0.25) is 0 Å². The second kappa shape index (κ2) is 9.83. The van der Waals surface area contributed by atoms with Gasteiger partial charge in [-0.05, 0) is 72.0 Å². The molecule has 4 heteroatoms. The van der Waals surface area contributed by atoms with Crippen LogP contribution < -0.4 is 9.47 Å². The summed E-state index contributed by atoms with van der Waals surface area (Å²) in [7, 11) is 1.70. The van der Waals surface area contributed by atoms with Gasteiger partial charge in [0.05, 0.1) is 24.8 Å². The number of benzene rings is 4. The molecular weight excluding hydrogens is 432 g/mol. The van der Waals surface area contributed by atoms with Gasteiger partial charge in [0, 0.05) is 12.5 Å². The molecule has 0 aliphatic rings. The summed E-state index contributed by atoms with van der Waals surface area (Å²) in [4.78, 5) is 5.06. The maximum Gasteiger partial charge on any atom is 0.125 e. The molecule has 1 atom stereocenters. The van der Waals surface area contributed by atoms with Crippen molar-refractivity contribution >= 4 is 21.8 Å². The Morgan fingerprint density at radius 2 is 1.60 bits per heavy atom. The van der Waals surface area contributed by atoms with Gasteiger partial charge in [-0.25, -0.2) is 4.98 Å².